The summed E-state index contributed by atoms with van der Waals surface area (Å²) in [6, 6.07) is 0. The monoisotopic (exact) mass is 422 g/mol. The molecule has 0 aliphatic carbocycles. The van der Waals surface area contributed by atoms with Gasteiger partial charge in [0.05, 0.1) is 33.0 Å². The summed E-state index contributed by atoms with van der Waals surface area (Å²) in [5.41, 5.74) is 0. The summed E-state index contributed by atoms with van der Waals surface area (Å²) in [7, 11) is -10.9. The third-order valence-corrected chi connectivity index (χ3v) is 12.4. The van der Waals surface area contributed by atoms with Crippen LogP contribution in [-0.4, -0.2) is 44.8 Å². The van der Waals surface area contributed by atoms with E-state index in [1.165, 1.54) is 0 Å². The molecule has 11 heteroatoms. The van der Waals surface area contributed by atoms with E-state index in [0.29, 0.717) is 6.42 Å². The lowest BCUT2D eigenvalue weighted by molar-refractivity contribution is 0.219. The average molecular weight is 422 g/mol. The van der Waals surface area contributed by atoms with E-state index in [0.717, 1.165) is 6.42 Å². The van der Waals surface area contributed by atoms with Crippen LogP contribution in [0.25, 0.3) is 0 Å². The van der Waals surface area contributed by atoms with Gasteiger partial charge in [-0.3, -0.25) is 13.7 Å². The molecular formula is C14H33O8P3. The largest absolute Gasteiger partial charge is 0.340 e. The van der Waals surface area contributed by atoms with Crippen LogP contribution in [0.4, 0.5) is 0 Å². The van der Waals surface area contributed by atoms with E-state index >= 15 is 0 Å². The molecule has 0 aliphatic heterocycles. The maximum atomic E-state index is 13.3. The Hall–Kier alpha value is 0.490. The van der Waals surface area contributed by atoms with E-state index < -0.39 is 34.4 Å². The van der Waals surface area contributed by atoms with Crippen molar-refractivity contribution >= 4 is 22.6 Å². The first-order valence-electron chi connectivity index (χ1n) is 8.70. The van der Waals surface area contributed by atoms with Gasteiger partial charge in [-0.25, -0.2) is 0 Å². The summed E-state index contributed by atoms with van der Waals surface area (Å²) in [6.45, 7) is 9.39. The van der Waals surface area contributed by atoms with Gasteiger partial charge in [-0.1, -0.05) is 13.3 Å². The minimum atomic E-state index is -3.64. The molecule has 0 heterocycles. The summed E-state index contributed by atoms with van der Waals surface area (Å²) >= 11 is 0. The van der Waals surface area contributed by atoms with Crippen molar-refractivity contribution in [2.75, 3.05) is 44.8 Å². The predicted molar refractivity (Wildman–Crippen MR) is 99.9 cm³/mol. The van der Waals surface area contributed by atoms with E-state index in [2.05, 4.69) is 0 Å². The van der Waals surface area contributed by atoms with Crippen molar-refractivity contribution in [3.8, 4) is 0 Å². The van der Waals surface area contributed by atoms with Gasteiger partial charge in [0.25, 0.3) is 0 Å². The molecule has 0 aliphatic rings. The molecule has 0 N–H and O–H groups in total. The van der Waals surface area contributed by atoms with Gasteiger partial charge in [-0.2, -0.15) is 0 Å². The Labute approximate surface area is 151 Å². The number of hydrogen-bond donors (Lipinski definition) is 0. The van der Waals surface area contributed by atoms with Gasteiger partial charge in [0.1, 0.15) is 11.8 Å². The normalized spacial score (nSPS) is 13.3. The van der Waals surface area contributed by atoms with Gasteiger partial charge in [-0.15, -0.1) is 0 Å². The van der Waals surface area contributed by atoms with Gasteiger partial charge in [-0.05, 0) is 34.1 Å². The van der Waals surface area contributed by atoms with E-state index in [4.69, 9.17) is 22.6 Å². The van der Waals surface area contributed by atoms with E-state index in [1.54, 1.807) is 27.7 Å². The first-order valence-corrected chi connectivity index (χ1v) is 14.2. The second-order valence-corrected chi connectivity index (χ2v) is 12.8. The molecule has 0 spiro atoms. The highest BCUT2D eigenvalue weighted by molar-refractivity contribution is 7.80. The van der Waals surface area contributed by atoms with Crippen molar-refractivity contribution in [1.82, 2.24) is 0 Å². The van der Waals surface area contributed by atoms with Gasteiger partial charge < -0.3 is 22.6 Å². The number of rotatable bonds is 16. The Bertz CT molecular complexity index is 440. The van der Waals surface area contributed by atoms with E-state index in [9.17, 15) is 13.7 Å². The molecule has 0 radical (unpaired) electrons. The Balaban J connectivity index is 5.50. The lowest BCUT2D eigenvalue weighted by Crippen LogP contribution is -2.09. The molecule has 0 atom stereocenters. The average Bonchev–Trinajstić information content (AvgIpc) is 2.47. The zero-order valence-electron chi connectivity index (χ0n) is 16.0. The maximum absolute atomic E-state index is 13.3. The Morgan fingerprint density at radius 3 is 1.24 bits per heavy atom. The van der Waals surface area contributed by atoms with E-state index in [1.807, 2.05) is 6.92 Å². The Kier molecular flexibility index (Phi) is 13.1. The van der Waals surface area contributed by atoms with Crippen molar-refractivity contribution in [1.29, 1.82) is 0 Å². The molecule has 0 saturated heterocycles. The van der Waals surface area contributed by atoms with Crippen LogP contribution in [-0.2, 0) is 36.3 Å². The lowest BCUT2D eigenvalue weighted by Gasteiger charge is -2.26. The van der Waals surface area contributed by atoms with Crippen LogP contribution in [0.1, 0.15) is 47.5 Å². The van der Waals surface area contributed by atoms with Gasteiger partial charge in [0.2, 0.25) is 7.37 Å². The summed E-state index contributed by atoms with van der Waals surface area (Å²) in [4.78, 5) is 0. The van der Waals surface area contributed by atoms with Crippen molar-refractivity contribution < 1.29 is 36.3 Å². The van der Waals surface area contributed by atoms with Crippen LogP contribution >= 0.6 is 22.6 Å². The van der Waals surface area contributed by atoms with Crippen LogP contribution in [0.5, 0.6) is 0 Å². The van der Waals surface area contributed by atoms with Crippen LogP contribution < -0.4 is 0 Å². The fourth-order valence-electron chi connectivity index (χ4n) is 2.05. The molecule has 8 nitrogen and oxygen atoms in total. The highest BCUT2D eigenvalue weighted by Gasteiger charge is 2.43. The van der Waals surface area contributed by atoms with Crippen molar-refractivity contribution in [3.63, 3.8) is 0 Å². The standard InChI is InChI=1S/C14H33O8P3/c1-6-11-12-22-23(15,13-24(16,18-7-2)19-8-3)14-25(17,20-9-4)21-10-5/h6-14H2,1-5H3. The molecule has 0 rings (SSSR count). The first kappa shape index (κ1) is 25.5. The second kappa shape index (κ2) is 12.8. The van der Waals surface area contributed by atoms with Crippen LogP contribution in [0.15, 0.2) is 0 Å². The maximum Gasteiger partial charge on any atom is 0.340 e. The zero-order chi connectivity index (χ0) is 19.4. The second-order valence-electron chi connectivity index (χ2n) is 5.18. The molecule has 0 bridgehead atoms. The van der Waals surface area contributed by atoms with Crippen LogP contribution in [0, 0.1) is 0 Å². The fraction of sp³-hybridized carbons (Fsp3) is 1.00. The van der Waals surface area contributed by atoms with Gasteiger partial charge >= 0.3 is 15.2 Å². The molecule has 0 saturated carbocycles. The number of hydrogen-bond acceptors (Lipinski definition) is 8. The SMILES string of the molecule is CCCCOP(=O)(CP(=O)(OCC)OCC)CP(=O)(OCC)OCC. The molecule has 0 aromatic heterocycles. The van der Waals surface area contributed by atoms with Gasteiger partial charge in [0, 0.05) is 0 Å². The third-order valence-electron chi connectivity index (χ3n) is 2.90. The zero-order valence-corrected chi connectivity index (χ0v) is 18.7. The predicted octanol–water partition coefficient (Wildman–Crippen LogP) is 5.53. The van der Waals surface area contributed by atoms with E-state index in [-0.39, 0.29) is 33.0 Å². The van der Waals surface area contributed by atoms with Crippen LogP contribution in [0.2, 0.25) is 0 Å². The summed E-state index contributed by atoms with van der Waals surface area (Å²) in [6.07, 6.45) is 1.51. The lowest BCUT2D eigenvalue weighted by atomic mass is 10.4. The molecular weight excluding hydrogens is 389 g/mol. The quantitative estimate of drug-likeness (QED) is 0.237. The molecule has 0 unspecified atom stereocenters. The summed E-state index contributed by atoms with van der Waals surface area (Å²) in [5.74, 6) is -0.898. The van der Waals surface area contributed by atoms with Gasteiger partial charge in [0.15, 0.2) is 0 Å². The Morgan fingerprint density at radius 1 is 0.600 bits per heavy atom. The molecule has 0 aromatic carbocycles. The number of unbranched alkanes of at least 4 members (excludes halogenated alkanes) is 1. The highest BCUT2D eigenvalue weighted by atomic mass is 31.3. The fourth-order valence-corrected chi connectivity index (χ4v) is 11.6. The summed E-state index contributed by atoms with van der Waals surface area (Å²) in [5, 5.41) is 0. The summed E-state index contributed by atoms with van der Waals surface area (Å²) < 4.78 is 65.3. The Morgan fingerprint density at radius 2 is 0.960 bits per heavy atom. The minimum Gasteiger partial charge on any atom is -0.328 e. The topological polar surface area (TPSA) is 97.4 Å². The van der Waals surface area contributed by atoms with Crippen LogP contribution in [0.3, 0.4) is 0 Å². The highest BCUT2D eigenvalue weighted by Crippen LogP contribution is 2.70. The molecule has 0 aromatic rings. The van der Waals surface area contributed by atoms with Crippen molar-refractivity contribution in [2.24, 2.45) is 0 Å². The molecule has 152 valence electrons. The molecule has 25 heavy (non-hydrogen) atoms. The first-order chi connectivity index (χ1) is 11.7. The minimum absolute atomic E-state index is 0.140. The molecule has 0 amide bonds. The third kappa shape index (κ3) is 10.4. The smallest absolute Gasteiger partial charge is 0.328 e. The van der Waals surface area contributed by atoms with Crippen molar-refractivity contribution in [3.05, 3.63) is 0 Å². The van der Waals surface area contributed by atoms with Crippen molar-refractivity contribution in [2.45, 2.75) is 47.5 Å². The molecule has 0 fully saturated rings.